The third-order valence-electron chi connectivity index (χ3n) is 4.45. The quantitative estimate of drug-likeness (QED) is 0.879. The Morgan fingerprint density at radius 3 is 2.72 bits per heavy atom. The van der Waals surface area contributed by atoms with Gasteiger partial charge in [-0.1, -0.05) is 0 Å². The first-order chi connectivity index (χ1) is 11.7. The van der Waals surface area contributed by atoms with Crippen molar-refractivity contribution in [3.05, 3.63) is 35.0 Å². The van der Waals surface area contributed by atoms with Crippen LogP contribution < -0.4 is 5.32 Å². The van der Waals surface area contributed by atoms with Gasteiger partial charge in [-0.25, -0.2) is 4.79 Å². The third kappa shape index (κ3) is 2.84. The number of ketones is 1. The van der Waals surface area contributed by atoms with Crippen LogP contribution in [0, 0.1) is 6.92 Å². The SMILES string of the molecule is Cc1c(C(=O)Nc2cnn(C(C)(C)C(=O)O)c2)oc2c1C(=O)CCC2. The molecule has 2 aromatic rings. The Morgan fingerprint density at radius 2 is 2.08 bits per heavy atom. The number of carbonyl (C=O) groups is 3. The van der Waals surface area contributed by atoms with Gasteiger partial charge in [0.25, 0.3) is 5.91 Å². The second kappa shape index (κ2) is 5.87. The molecule has 8 heteroatoms. The van der Waals surface area contributed by atoms with E-state index in [2.05, 4.69) is 10.4 Å². The van der Waals surface area contributed by atoms with E-state index in [1.54, 1.807) is 6.92 Å². The monoisotopic (exact) mass is 345 g/mol. The number of furan rings is 1. The fourth-order valence-corrected chi connectivity index (χ4v) is 2.84. The van der Waals surface area contributed by atoms with Gasteiger partial charge in [0.05, 0.1) is 17.4 Å². The minimum atomic E-state index is -1.24. The molecular formula is C17H19N3O5. The van der Waals surface area contributed by atoms with E-state index in [0.717, 1.165) is 6.42 Å². The number of nitrogens with one attached hydrogen (secondary N) is 1. The molecule has 0 spiro atoms. The van der Waals surface area contributed by atoms with E-state index < -0.39 is 17.4 Å². The molecule has 2 aromatic heterocycles. The van der Waals surface area contributed by atoms with Crippen LogP contribution in [0.25, 0.3) is 0 Å². The van der Waals surface area contributed by atoms with Gasteiger partial charge in [0.15, 0.2) is 17.1 Å². The molecule has 1 amide bonds. The van der Waals surface area contributed by atoms with Crippen molar-refractivity contribution < 1.29 is 23.9 Å². The van der Waals surface area contributed by atoms with Crippen molar-refractivity contribution in [2.24, 2.45) is 0 Å². The van der Waals surface area contributed by atoms with Gasteiger partial charge in [-0.15, -0.1) is 0 Å². The standard InChI is InChI=1S/C17H19N3O5/c1-9-13-11(21)5-4-6-12(13)25-14(9)15(22)19-10-7-18-20(8-10)17(2,3)16(23)24/h7-8H,4-6H2,1-3H3,(H,19,22)(H,23,24). The second-order valence-electron chi connectivity index (χ2n) is 6.62. The maximum atomic E-state index is 12.5. The Balaban J connectivity index is 1.84. The number of hydrogen-bond donors (Lipinski definition) is 2. The topological polar surface area (TPSA) is 114 Å². The summed E-state index contributed by atoms with van der Waals surface area (Å²) in [5, 5.41) is 15.8. The van der Waals surface area contributed by atoms with Gasteiger partial charge in [0, 0.05) is 24.6 Å². The number of carboxylic acids is 1. The van der Waals surface area contributed by atoms with Gasteiger partial charge in [-0.3, -0.25) is 14.3 Å². The summed E-state index contributed by atoms with van der Waals surface area (Å²) in [7, 11) is 0. The van der Waals surface area contributed by atoms with E-state index in [1.807, 2.05) is 0 Å². The minimum Gasteiger partial charge on any atom is -0.479 e. The number of anilines is 1. The molecule has 0 fully saturated rings. The lowest BCUT2D eigenvalue weighted by molar-refractivity contribution is -0.146. The van der Waals surface area contributed by atoms with E-state index in [4.69, 9.17) is 4.42 Å². The van der Waals surface area contributed by atoms with Crippen LogP contribution in [0.4, 0.5) is 5.69 Å². The number of fused-ring (bicyclic) bond motifs is 1. The van der Waals surface area contributed by atoms with Crippen molar-refractivity contribution in [2.75, 3.05) is 5.32 Å². The zero-order chi connectivity index (χ0) is 18.4. The molecule has 132 valence electrons. The maximum Gasteiger partial charge on any atom is 0.331 e. The summed E-state index contributed by atoms with van der Waals surface area (Å²) in [4.78, 5) is 35.8. The number of aliphatic carboxylic acids is 1. The molecule has 2 N–H and O–H groups in total. The normalized spacial score (nSPS) is 14.3. The maximum absolute atomic E-state index is 12.5. The molecule has 0 saturated heterocycles. The van der Waals surface area contributed by atoms with Crippen LogP contribution in [-0.2, 0) is 16.8 Å². The van der Waals surface area contributed by atoms with E-state index in [9.17, 15) is 19.5 Å². The highest BCUT2D eigenvalue weighted by molar-refractivity contribution is 6.07. The first kappa shape index (κ1) is 16.9. The van der Waals surface area contributed by atoms with Crippen LogP contribution >= 0.6 is 0 Å². The number of rotatable bonds is 4. The predicted molar refractivity (Wildman–Crippen MR) is 87.9 cm³/mol. The molecule has 25 heavy (non-hydrogen) atoms. The molecule has 2 heterocycles. The van der Waals surface area contributed by atoms with Gasteiger partial charge in [-0.2, -0.15) is 5.10 Å². The van der Waals surface area contributed by atoms with Gasteiger partial charge in [-0.05, 0) is 27.2 Å². The average Bonchev–Trinajstić information content (AvgIpc) is 3.13. The number of aromatic nitrogens is 2. The summed E-state index contributed by atoms with van der Waals surface area (Å²) in [6, 6.07) is 0. The van der Waals surface area contributed by atoms with Crippen LogP contribution in [0.5, 0.6) is 0 Å². The van der Waals surface area contributed by atoms with E-state index >= 15 is 0 Å². The number of carbonyl (C=O) groups excluding carboxylic acids is 2. The van der Waals surface area contributed by atoms with E-state index in [0.29, 0.717) is 35.4 Å². The molecule has 0 atom stereocenters. The first-order valence-electron chi connectivity index (χ1n) is 7.97. The molecular weight excluding hydrogens is 326 g/mol. The molecule has 0 aliphatic heterocycles. The Morgan fingerprint density at radius 1 is 1.36 bits per heavy atom. The van der Waals surface area contributed by atoms with Crippen LogP contribution in [0.2, 0.25) is 0 Å². The van der Waals surface area contributed by atoms with Crippen molar-refractivity contribution in [3.8, 4) is 0 Å². The third-order valence-corrected chi connectivity index (χ3v) is 4.45. The van der Waals surface area contributed by atoms with E-state index in [-0.39, 0.29) is 11.5 Å². The van der Waals surface area contributed by atoms with Gasteiger partial charge < -0.3 is 14.8 Å². The fourth-order valence-electron chi connectivity index (χ4n) is 2.84. The van der Waals surface area contributed by atoms with Crippen molar-refractivity contribution in [3.63, 3.8) is 0 Å². The van der Waals surface area contributed by atoms with Gasteiger partial charge in [0.1, 0.15) is 5.76 Å². The molecule has 0 unspecified atom stereocenters. The first-order valence-corrected chi connectivity index (χ1v) is 7.97. The summed E-state index contributed by atoms with van der Waals surface area (Å²) in [6.07, 6.45) is 4.63. The molecule has 0 radical (unpaired) electrons. The average molecular weight is 345 g/mol. The van der Waals surface area contributed by atoms with Crippen LogP contribution in [0.15, 0.2) is 16.8 Å². The fraction of sp³-hybridized carbons (Fsp3) is 0.412. The largest absolute Gasteiger partial charge is 0.479 e. The van der Waals surface area contributed by atoms with Crippen molar-refractivity contribution in [2.45, 2.75) is 45.6 Å². The summed E-state index contributed by atoms with van der Waals surface area (Å²) in [5.74, 6) is -0.876. The molecule has 1 aliphatic rings. The molecule has 8 nitrogen and oxygen atoms in total. The zero-order valence-corrected chi connectivity index (χ0v) is 14.3. The Bertz CT molecular complexity index is 875. The highest BCUT2D eigenvalue weighted by atomic mass is 16.4. The summed E-state index contributed by atoms with van der Waals surface area (Å²) < 4.78 is 6.86. The highest BCUT2D eigenvalue weighted by Gasteiger charge is 2.31. The number of nitrogens with zero attached hydrogens (tertiary/aromatic N) is 2. The van der Waals surface area contributed by atoms with Crippen LogP contribution in [-0.4, -0.2) is 32.5 Å². The summed E-state index contributed by atoms with van der Waals surface area (Å²) in [5.41, 5.74) is 0.156. The molecule has 1 aliphatic carbocycles. The number of aryl methyl sites for hydroxylation is 1. The lowest BCUT2D eigenvalue weighted by Crippen LogP contribution is -2.35. The number of Topliss-reactive ketones (excluding diaryl/α,β-unsaturated/α-hetero) is 1. The number of amides is 1. The highest BCUT2D eigenvalue weighted by Crippen LogP contribution is 2.30. The lowest BCUT2D eigenvalue weighted by Gasteiger charge is -2.19. The van der Waals surface area contributed by atoms with Crippen molar-refractivity contribution in [1.82, 2.24) is 9.78 Å². The van der Waals surface area contributed by atoms with Crippen molar-refractivity contribution in [1.29, 1.82) is 0 Å². The molecule has 0 bridgehead atoms. The van der Waals surface area contributed by atoms with Crippen molar-refractivity contribution >= 4 is 23.3 Å². The second-order valence-corrected chi connectivity index (χ2v) is 6.62. The number of hydrogen-bond acceptors (Lipinski definition) is 5. The smallest absolute Gasteiger partial charge is 0.331 e. The predicted octanol–water partition coefficient (Wildman–Crippen LogP) is 2.38. The van der Waals surface area contributed by atoms with Gasteiger partial charge in [0.2, 0.25) is 0 Å². The number of carboxylic acid groups (broad SMARTS) is 1. The van der Waals surface area contributed by atoms with Crippen LogP contribution in [0.3, 0.4) is 0 Å². The summed E-state index contributed by atoms with van der Waals surface area (Å²) in [6.45, 7) is 4.70. The Kier molecular flexibility index (Phi) is 3.98. The Labute approximate surface area is 143 Å². The van der Waals surface area contributed by atoms with Crippen LogP contribution in [0.1, 0.15) is 58.9 Å². The summed E-state index contributed by atoms with van der Waals surface area (Å²) >= 11 is 0. The van der Waals surface area contributed by atoms with Gasteiger partial charge >= 0.3 is 5.97 Å². The molecule has 0 saturated carbocycles. The van der Waals surface area contributed by atoms with E-state index in [1.165, 1.54) is 30.9 Å². The minimum absolute atomic E-state index is 0.00224. The zero-order valence-electron chi connectivity index (χ0n) is 14.3. The molecule has 0 aromatic carbocycles. The Hall–Kier alpha value is -2.90. The molecule has 3 rings (SSSR count). The lowest BCUT2D eigenvalue weighted by atomic mass is 9.94.